The summed E-state index contributed by atoms with van der Waals surface area (Å²) < 4.78 is 0. The molecule has 0 bridgehead atoms. The van der Waals surface area contributed by atoms with Crippen molar-refractivity contribution in [3.63, 3.8) is 0 Å². The van der Waals surface area contributed by atoms with Crippen LogP contribution in [0.1, 0.15) is 5.69 Å². The van der Waals surface area contributed by atoms with Crippen molar-refractivity contribution in [2.75, 3.05) is 5.73 Å². The molecule has 1 aromatic heterocycles. The maximum Gasteiger partial charge on any atom is 0.387 e. The molecule has 4 N–H and O–H groups in total. The quantitative estimate of drug-likeness (QED) is 0.478. The van der Waals surface area contributed by atoms with E-state index in [9.17, 15) is 10.1 Å². The van der Waals surface area contributed by atoms with Crippen LogP contribution in [-0.4, -0.2) is 9.91 Å². The topological polar surface area (TPSA) is 108 Å². The SMILES string of the molecule is NCc1ccc(N)c([N+](=O)[O-])n1. The number of nitrogens with zero attached hydrogens (tertiary/aromatic N) is 2. The fourth-order valence-electron chi connectivity index (χ4n) is 0.758. The first-order valence-corrected chi connectivity index (χ1v) is 3.25. The van der Waals surface area contributed by atoms with Gasteiger partial charge in [0.05, 0.1) is 6.54 Å². The van der Waals surface area contributed by atoms with Crippen LogP contribution in [0.4, 0.5) is 11.5 Å². The normalized spacial score (nSPS) is 9.75. The molecule has 0 spiro atoms. The summed E-state index contributed by atoms with van der Waals surface area (Å²) in [4.78, 5) is 13.3. The third-order valence-corrected chi connectivity index (χ3v) is 1.35. The molecule has 0 unspecified atom stereocenters. The Morgan fingerprint density at radius 1 is 1.58 bits per heavy atom. The first-order valence-electron chi connectivity index (χ1n) is 3.25. The zero-order valence-electron chi connectivity index (χ0n) is 6.23. The van der Waals surface area contributed by atoms with Gasteiger partial charge in [-0.25, -0.2) is 0 Å². The number of nitrogen functional groups attached to an aromatic ring is 1. The van der Waals surface area contributed by atoms with Crippen LogP contribution in [0.3, 0.4) is 0 Å². The van der Waals surface area contributed by atoms with E-state index >= 15 is 0 Å². The van der Waals surface area contributed by atoms with E-state index in [2.05, 4.69) is 4.98 Å². The summed E-state index contributed by atoms with van der Waals surface area (Å²) in [6.45, 7) is 0.168. The van der Waals surface area contributed by atoms with Gasteiger partial charge in [0.15, 0.2) is 5.69 Å². The molecule has 0 radical (unpaired) electrons. The number of hydrogen-bond acceptors (Lipinski definition) is 5. The summed E-state index contributed by atoms with van der Waals surface area (Å²) in [6.07, 6.45) is 0. The number of pyridine rings is 1. The van der Waals surface area contributed by atoms with Gasteiger partial charge in [-0.05, 0) is 22.0 Å². The number of hydrogen-bond donors (Lipinski definition) is 2. The largest absolute Gasteiger partial charge is 0.392 e. The minimum absolute atomic E-state index is 0.0530. The van der Waals surface area contributed by atoms with Crippen LogP contribution in [0.15, 0.2) is 12.1 Å². The van der Waals surface area contributed by atoms with Crippen molar-refractivity contribution in [2.24, 2.45) is 5.73 Å². The Labute approximate surface area is 68.3 Å². The first kappa shape index (κ1) is 8.41. The molecule has 12 heavy (non-hydrogen) atoms. The minimum atomic E-state index is -0.630. The van der Waals surface area contributed by atoms with Gasteiger partial charge < -0.3 is 21.6 Å². The fourth-order valence-corrected chi connectivity index (χ4v) is 0.758. The van der Waals surface area contributed by atoms with E-state index in [0.717, 1.165) is 0 Å². The van der Waals surface area contributed by atoms with Crippen LogP contribution >= 0.6 is 0 Å². The second kappa shape index (κ2) is 3.14. The van der Waals surface area contributed by atoms with Crippen molar-refractivity contribution in [2.45, 2.75) is 6.54 Å². The van der Waals surface area contributed by atoms with Gasteiger partial charge in [0, 0.05) is 0 Å². The number of nitro groups is 1. The number of rotatable bonds is 2. The average Bonchev–Trinajstić information content (AvgIpc) is 2.05. The van der Waals surface area contributed by atoms with E-state index in [-0.39, 0.29) is 18.1 Å². The predicted octanol–water partition coefficient (Wildman–Crippen LogP) is 0.0307. The van der Waals surface area contributed by atoms with Gasteiger partial charge in [-0.1, -0.05) is 0 Å². The van der Waals surface area contributed by atoms with Gasteiger partial charge in [-0.2, -0.15) is 0 Å². The molecule has 6 heteroatoms. The number of anilines is 1. The second-order valence-corrected chi connectivity index (χ2v) is 2.18. The van der Waals surface area contributed by atoms with Crippen molar-refractivity contribution in [3.8, 4) is 0 Å². The van der Waals surface area contributed by atoms with Gasteiger partial charge in [0.2, 0.25) is 0 Å². The van der Waals surface area contributed by atoms with Crippen molar-refractivity contribution >= 4 is 11.5 Å². The lowest BCUT2D eigenvalue weighted by Gasteiger charge is -1.96. The summed E-state index contributed by atoms with van der Waals surface area (Å²) in [5.74, 6) is -0.335. The maximum absolute atomic E-state index is 10.3. The molecular weight excluding hydrogens is 160 g/mol. The van der Waals surface area contributed by atoms with E-state index in [1.165, 1.54) is 6.07 Å². The summed E-state index contributed by atoms with van der Waals surface area (Å²) in [5, 5.41) is 10.3. The van der Waals surface area contributed by atoms with Crippen LogP contribution in [-0.2, 0) is 6.54 Å². The number of nitrogens with two attached hydrogens (primary N) is 2. The molecule has 0 amide bonds. The lowest BCUT2D eigenvalue weighted by atomic mass is 10.3. The average molecular weight is 168 g/mol. The first-order chi connectivity index (χ1) is 5.65. The van der Waals surface area contributed by atoms with Gasteiger partial charge >= 0.3 is 5.82 Å². The summed E-state index contributed by atoms with van der Waals surface area (Å²) in [5.41, 5.74) is 11.1. The monoisotopic (exact) mass is 168 g/mol. The Morgan fingerprint density at radius 3 is 2.75 bits per heavy atom. The van der Waals surface area contributed by atoms with Crippen LogP contribution in [0.2, 0.25) is 0 Å². The lowest BCUT2D eigenvalue weighted by molar-refractivity contribution is -0.388. The third-order valence-electron chi connectivity index (χ3n) is 1.35. The van der Waals surface area contributed by atoms with Gasteiger partial charge in [-0.3, -0.25) is 0 Å². The van der Waals surface area contributed by atoms with E-state index < -0.39 is 4.92 Å². The van der Waals surface area contributed by atoms with Crippen molar-refractivity contribution in [3.05, 3.63) is 27.9 Å². The minimum Gasteiger partial charge on any atom is -0.392 e. The molecule has 6 nitrogen and oxygen atoms in total. The highest BCUT2D eigenvalue weighted by molar-refractivity contribution is 5.53. The highest BCUT2D eigenvalue weighted by Gasteiger charge is 2.13. The smallest absolute Gasteiger partial charge is 0.387 e. The molecule has 1 aromatic rings. The standard InChI is InChI=1S/C6H8N4O2/c7-3-4-1-2-5(8)6(9-4)10(11)12/h1-2H,3,7-8H2. The molecule has 0 fully saturated rings. The second-order valence-electron chi connectivity index (χ2n) is 2.18. The summed E-state index contributed by atoms with van der Waals surface area (Å²) in [7, 11) is 0. The third kappa shape index (κ3) is 1.48. The van der Waals surface area contributed by atoms with Crippen LogP contribution in [0, 0.1) is 10.1 Å². The van der Waals surface area contributed by atoms with E-state index in [1.807, 2.05) is 0 Å². The molecule has 1 rings (SSSR count). The molecule has 0 aromatic carbocycles. The van der Waals surface area contributed by atoms with Gasteiger partial charge in [0.25, 0.3) is 0 Å². The summed E-state index contributed by atoms with van der Waals surface area (Å²) >= 11 is 0. The van der Waals surface area contributed by atoms with E-state index in [4.69, 9.17) is 11.5 Å². The molecular formula is C6H8N4O2. The molecule has 0 atom stereocenters. The maximum atomic E-state index is 10.3. The van der Waals surface area contributed by atoms with Crippen LogP contribution in [0.25, 0.3) is 0 Å². The Bertz CT molecular complexity index is 312. The zero-order chi connectivity index (χ0) is 9.14. The van der Waals surface area contributed by atoms with Crippen molar-refractivity contribution in [1.29, 1.82) is 0 Å². The summed E-state index contributed by atoms with van der Waals surface area (Å²) in [6, 6.07) is 2.98. The van der Waals surface area contributed by atoms with Crippen LogP contribution in [0.5, 0.6) is 0 Å². The zero-order valence-corrected chi connectivity index (χ0v) is 6.23. The lowest BCUT2D eigenvalue weighted by Crippen LogP contribution is -2.04. The van der Waals surface area contributed by atoms with E-state index in [0.29, 0.717) is 5.69 Å². The Kier molecular flexibility index (Phi) is 2.20. The highest BCUT2D eigenvalue weighted by atomic mass is 16.6. The molecule has 0 saturated heterocycles. The fraction of sp³-hybridized carbons (Fsp3) is 0.167. The van der Waals surface area contributed by atoms with Crippen LogP contribution < -0.4 is 11.5 Å². The predicted molar refractivity (Wildman–Crippen MR) is 43.2 cm³/mol. The van der Waals surface area contributed by atoms with E-state index in [1.54, 1.807) is 6.07 Å². The van der Waals surface area contributed by atoms with Gasteiger partial charge in [0.1, 0.15) is 5.69 Å². The molecule has 0 saturated carbocycles. The number of aromatic nitrogens is 1. The van der Waals surface area contributed by atoms with Gasteiger partial charge in [-0.15, -0.1) is 0 Å². The molecule has 0 aliphatic rings. The molecule has 0 aliphatic carbocycles. The van der Waals surface area contributed by atoms with Crippen molar-refractivity contribution < 1.29 is 4.92 Å². The molecule has 0 aliphatic heterocycles. The molecule has 1 heterocycles. The Morgan fingerprint density at radius 2 is 2.25 bits per heavy atom. The Balaban J connectivity index is 3.17. The highest BCUT2D eigenvalue weighted by Crippen LogP contribution is 2.17. The van der Waals surface area contributed by atoms with Crippen molar-refractivity contribution in [1.82, 2.24) is 4.98 Å². The Hall–Kier alpha value is -1.69. The molecule has 64 valence electrons.